The molecule has 2 nitrogen and oxygen atoms in total. The Balaban J connectivity index is 2.86. The summed E-state index contributed by atoms with van der Waals surface area (Å²) in [6.07, 6.45) is 1.09. The molecular weight excluding hydrogens is 235 g/mol. The maximum atomic E-state index is 13.4. The van der Waals surface area contributed by atoms with E-state index in [1.165, 1.54) is 6.07 Å². The van der Waals surface area contributed by atoms with E-state index < -0.39 is 0 Å². The molecule has 0 saturated heterocycles. The van der Waals surface area contributed by atoms with Gasteiger partial charge in [-0.05, 0) is 43.3 Å². The van der Waals surface area contributed by atoms with E-state index in [-0.39, 0.29) is 10.8 Å². The van der Waals surface area contributed by atoms with Crippen LogP contribution in [0.5, 0.6) is 0 Å². The molecule has 4 heteroatoms. The van der Waals surface area contributed by atoms with E-state index >= 15 is 0 Å². The number of halogens is 1. The molecule has 0 radical (unpaired) electrons. The summed E-state index contributed by atoms with van der Waals surface area (Å²) in [5, 5.41) is 0. The minimum Gasteiger partial charge on any atom is -0.389 e. The molecule has 2 N–H and O–H groups in total. The van der Waals surface area contributed by atoms with Crippen LogP contribution in [0.2, 0.25) is 0 Å². The summed E-state index contributed by atoms with van der Waals surface area (Å²) in [4.78, 5) is 2.50. The first-order chi connectivity index (χ1) is 8.06. The second kappa shape index (κ2) is 6.67. The summed E-state index contributed by atoms with van der Waals surface area (Å²) in [5.74, 6) is -0.280. The van der Waals surface area contributed by atoms with Crippen LogP contribution < -0.4 is 5.73 Å². The molecule has 0 fully saturated rings. The summed E-state index contributed by atoms with van der Waals surface area (Å²) in [7, 11) is 0. The van der Waals surface area contributed by atoms with Crippen molar-refractivity contribution in [2.45, 2.75) is 26.8 Å². The van der Waals surface area contributed by atoms with Gasteiger partial charge in [0.2, 0.25) is 0 Å². The van der Waals surface area contributed by atoms with E-state index in [1.807, 2.05) is 6.07 Å². The Labute approximate surface area is 108 Å². The topological polar surface area (TPSA) is 29.3 Å². The molecule has 0 spiro atoms. The smallest absolute Gasteiger partial charge is 0.124 e. The van der Waals surface area contributed by atoms with Crippen LogP contribution in [-0.4, -0.2) is 23.0 Å². The van der Waals surface area contributed by atoms with Gasteiger partial charge < -0.3 is 5.73 Å². The quantitative estimate of drug-likeness (QED) is 0.791. The largest absolute Gasteiger partial charge is 0.389 e. The van der Waals surface area contributed by atoms with Crippen LogP contribution in [0.25, 0.3) is 0 Å². The lowest BCUT2D eigenvalue weighted by Crippen LogP contribution is -2.24. The van der Waals surface area contributed by atoms with Crippen LogP contribution in [0.3, 0.4) is 0 Å². The summed E-state index contributed by atoms with van der Waals surface area (Å²) >= 11 is 4.87. The summed E-state index contributed by atoms with van der Waals surface area (Å²) < 4.78 is 13.4. The highest BCUT2D eigenvalue weighted by atomic mass is 32.1. The zero-order valence-electron chi connectivity index (χ0n) is 10.4. The highest BCUT2D eigenvalue weighted by Gasteiger charge is 2.06. The number of hydrogen-bond donors (Lipinski definition) is 1. The molecule has 1 rings (SSSR count). The third-order valence-corrected chi connectivity index (χ3v) is 2.87. The standard InChI is InChI=1S/C13H19FN2S/c1-3-5-16(4-2)9-10-6-11(13(15)17)8-12(14)7-10/h6-8H,3-5,9H2,1-2H3,(H2,15,17). The molecule has 1 aromatic carbocycles. The lowest BCUT2D eigenvalue weighted by Gasteiger charge is -2.19. The normalized spacial score (nSPS) is 10.8. The average molecular weight is 254 g/mol. The average Bonchev–Trinajstić information content (AvgIpc) is 2.27. The fourth-order valence-electron chi connectivity index (χ4n) is 1.81. The first kappa shape index (κ1) is 14.1. The van der Waals surface area contributed by atoms with E-state index in [1.54, 1.807) is 6.07 Å². The van der Waals surface area contributed by atoms with E-state index in [9.17, 15) is 4.39 Å². The van der Waals surface area contributed by atoms with Gasteiger partial charge in [-0.2, -0.15) is 0 Å². The Kier molecular flexibility index (Phi) is 5.51. The monoisotopic (exact) mass is 254 g/mol. The molecule has 0 bridgehead atoms. The SMILES string of the molecule is CCCN(CC)Cc1cc(F)cc(C(N)=S)c1. The Bertz CT molecular complexity index is 393. The van der Waals surface area contributed by atoms with E-state index in [0.29, 0.717) is 5.56 Å². The molecule has 0 aliphatic rings. The van der Waals surface area contributed by atoms with Gasteiger partial charge in [-0.1, -0.05) is 26.1 Å². The first-order valence-electron chi connectivity index (χ1n) is 5.88. The lowest BCUT2D eigenvalue weighted by atomic mass is 10.1. The number of hydrogen-bond acceptors (Lipinski definition) is 2. The molecule has 0 aromatic heterocycles. The van der Waals surface area contributed by atoms with Crippen LogP contribution in [0.1, 0.15) is 31.4 Å². The third kappa shape index (κ3) is 4.40. The van der Waals surface area contributed by atoms with Crippen LogP contribution in [0.4, 0.5) is 4.39 Å². The van der Waals surface area contributed by atoms with Crippen molar-refractivity contribution in [1.29, 1.82) is 0 Å². The van der Waals surface area contributed by atoms with Crippen LogP contribution >= 0.6 is 12.2 Å². The van der Waals surface area contributed by atoms with Gasteiger partial charge >= 0.3 is 0 Å². The molecular formula is C13H19FN2S. The van der Waals surface area contributed by atoms with Crippen molar-refractivity contribution in [3.63, 3.8) is 0 Å². The molecule has 94 valence electrons. The van der Waals surface area contributed by atoms with E-state index in [4.69, 9.17) is 18.0 Å². The van der Waals surface area contributed by atoms with Gasteiger partial charge in [-0.25, -0.2) is 4.39 Å². The van der Waals surface area contributed by atoms with Crippen LogP contribution in [0, 0.1) is 5.82 Å². The Morgan fingerprint density at radius 1 is 1.35 bits per heavy atom. The minimum atomic E-state index is -0.280. The van der Waals surface area contributed by atoms with Gasteiger partial charge in [-0.15, -0.1) is 0 Å². The second-order valence-electron chi connectivity index (χ2n) is 4.08. The van der Waals surface area contributed by atoms with Gasteiger partial charge in [0.1, 0.15) is 10.8 Å². The number of benzene rings is 1. The molecule has 0 atom stereocenters. The first-order valence-corrected chi connectivity index (χ1v) is 6.29. The van der Waals surface area contributed by atoms with Crippen molar-refractivity contribution < 1.29 is 4.39 Å². The zero-order valence-corrected chi connectivity index (χ0v) is 11.2. The predicted octanol–water partition coefficient (Wildman–Crippen LogP) is 2.69. The summed E-state index contributed by atoms with van der Waals surface area (Å²) in [6.45, 7) is 6.93. The molecule has 0 aliphatic carbocycles. The van der Waals surface area contributed by atoms with Gasteiger partial charge in [0.25, 0.3) is 0 Å². The molecule has 0 amide bonds. The van der Waals surface area contributed by atoms with Crippen molar-refractivity contribution in [3.8, 4) is 0 Å². The van der Waals surface area contributed by atoms with E-state index in [2.05, 4.69) is 18.7 Å². The highest BCUT2D eigenvalue weighted by molar-refractivity contribution is 7.80. The maximum Gasteiger partial charge on any atom is 0.124 e. The second-order valence-corrected chi connectivity index (χ2v) is 4.52. The van der Waals surface area contributed by atoms with Gasteiger partial charge in [0.05, 0.1) is 0 Å². The third-order valence-electron chi connectivity index (χ3n) is 2.64. The number of thiocarbonyl (C=S) groups is 1. The van der Waals surface area contributed by atoms with Crippen LogP contribution in [0.15, 0.2) is 18.2 Å². The van der Waals surface area contributed by atoms with Gasteiger partial charge in [0.15, 0.2) is 0 Å². The molecule has 0 heterocycles. The predicted molar refractivity (Wildman–Crippen MR) is 73.5 cm³/mol. The lowest BCUT2D eigenvalue weighted by molar-refractivity contribution is 0.280. The number of nitrogens with two attached hydrogens (primary N) is 1. The Morgan fingerprint density at radius 3 is 2.59 bits per heavy atom. The van der Waals surface area contributed by atoms with Crippen molar-refractivity contribution in [1.82, 2.24) is 4.90 Å². The highest BCUT2D eigenvalue weighted by Crippen LogP contribution is 2.12. The van der Waals surface area contributed by atoms with Crippen molar-refractivity contribution >= 4 is 17.2 Å². The number of nitrogens with zero attached hydrogens (tertiary/aromatic N) is 1. The Hall–Kier alpha value is -1.00. The molecule has 0 unspecified atom stereocenters. The molecule has 1 aromatic rings. The minimum absolute atomic E-state index is 0.240. The van der Waals surface area contributed by atoms with Gasteiger partial charge in [0, 0.05) is 12.1 Å². The molecule has 0 saturated carbocycles. The zero-order chi connectivity index (χ0) is 12.8. The van der Waals surface area contributed by atoms with Crippen LogP contribution in [-0.2, 0) is 6.54 Å². The van der Waals surface area contributed by atoms with Crippen molar-refractivity contribution in [2.24, 2.45) is 5.73 Å². The fraction of sp³-hybridized carbons (Fsp3) is 0.462. The molecule has 17 heavy (non-hydrogen) atoms. The van der Waals surface area contributed by atoms with Crippen molar-refractivity contribution in [2.75, 3.05) is 13.1 Å². The molecule has 0 aliphatic heterocycles. The van der Waals surface area contributed by atoms with Crippen molar-refractivity contribution in [3.05, 3.63) is 35.1 Å². The number of rotatable bonds is 6. The Morgan fingerprint density at radius 2 is 2.06 bits per heavy atom. The van der Waals surface area contributed by atoms with Gasteiger partial charge in [-0.3, -0.25) is 4.90 Å². The summed E-state index contributed by atoms with van der Waals surface area (Å²) in [5.41, 5.74) is 7.04. The maximum absolute atomic E-state index is 13.4. The fourth-order valence-corrected chi connectivity index (χ4v) is 1.93. The van der Waals surface area contributed by atoms with E-state index in [0.717, 1.165) is 31.6 Å². The summed E-state index contributed by atoms with van der Waals surface area (Å²) in [6, 6.07) is 4.78.